The van der Waals surface area contributed by atoms with E-state index in [4.69, 9.17) is 23.2 Å². The average Bonchev–Trinajstić information content (AvgIpc) is 2.79. The molecule has 1 heterocycles. The molecular weight excluding hydrogens is 269 g/mol. The molecule has 0 saturated heterocycles. The lowest BCUT2D eigenvalue weighted by molar-refractivity contribution is 0.762. The Kier molecular flexibility index (Phi) is 4.50. The van der Waals surface area contributed by atoms with Crippen LogP contribution in [0.5, 0.6) is 0 Å². The maximum absolute atomic E-state index is 6.12. The number of aryl methyl sites for hydroxylation is 1. The second-order valence-corrected chi connectivity index (χ2v) is 4.79. The predicted octanol–water partition coefficient (Wildman–Crippen LogP) is 3.86. The van der Waals surface area contributed by atoms with Crippen LogP contribution in [-0.2, 0) is 13.0 Å². The van der Waals surface area contributed by atoms with Gasteiger partial charge in [-0.3, -0.25) is 0 Å². The van der Waals surface area contributed by atoms with E-state index in [1.54, 1.807) is 12.3 Å². The Morgan fingerprint density at radius 3 is 2.89 bits per heavy atom. The minimum absolute atomic E-state index is 0.665. The Morgan fingerprint density at radius 1 is 1.33 bits per heavy atom. The number of anilines is 1. The first-order valence-electron chi connectivity index (χ1n) is 5.89. The maximum Gasteiger partial charge on any atom is 0.202 e. The van der Waals surface area contributed by atoms with E-state index < -0.39 is 0 Å². The van der Waals surface area contributed by atoms with E-state index in [0.29, 0.717) is 10.0 Å². The van der Waals surface area contributed by atoms with E-state index in [9.17, 15) is 0 Å². The summed E-state index contributed by atoms with van der Waals surface area (Å²) in [7, 11) is 0. The highest BCUT2D eigenvalue weighted by atomic mass is 35.5. The molecule has 1 aromatic carbocycles. The molecule has 0 unspecified atom stereocenters. The highest BCUT2D eigenvalue weighted by Crippen LogP contribution is 2.21. The third kappa shape index (κ3) is 3.18. The van der Waals surface area contributed by atoms with Gasteiger partial charge in [0.05, 0.1) is 0 Å². The summed E-state index contributed by atoms with van der Waals surface area (Å²) in [5, 5.41) is 4.67. The van der Waals surface area contributed by atoms with Crippen molar-refractivity contribution in [2.75, 3.05) is 11.9 Å². The monoisotopic (exact) mass is 283 g/mol. The fraction of sp³-hybridized carbons (Fsp3) is 0.308. The first-order valence-corrected chi connectivity index (χ1v) is 6.65. The smallest absolute Gasteiger partial charge is 0.202 e. The summed E-state index contributed by atoms with van der Waals surface area (Å²) in [6, 6.07) is 5.58. The van der Waals surface area contributed by atoms with Gasteiger partial charge in [0.25, 0.3) is 0 Å². The van der Waals surface area contributed by atoms with Crippen LogP contribution in [0.4, 0.5) is 5.95 Å². The molecule has 2 rings (SSSR count). The number of halogens is 2. The van der Waals surface area contributed by atoms with E-state index in [1.165, 1.54) is 0 Å². The lowest BCUT2D eigenvalue weighted by atomic mass is 10.1. The van der Waals surface area contributed by atoms with Crippen LogP contribution in [0.1, 0.15) is 12.5 Å². The number of aromatic nitrogens is 2. The van der Waals surface area contributed by atoms with Crippen molar-refractivity contribution >= 4 is 29.2 Å². The number of nitrogens with zero attached hydrogens (tertiary/aromatic N) is 2. The third-order valence-electron chi connectivity index (χ3n) is 2.75. The minimum Gasteiger partial charge on any atom is -0.355 e. The summed E-state index contributed by atoms with van der Waals surface area (Å²) in [5.41, 5.74) is 1.09. The molecule has 0 radical (unpaired) electrons. The largest absolute Gasteiger partial charge is 0.355 e. The van der Waals surface area contributed by atoms with Crippen LogP contribution in [0.15, 0.2) is 30.6 Å². The fourth-order valence-electron chi connectivity index (χ4n) is 1.76. The molecule has 1 N–H and O–H groups in total. The molecule has 96 valence electrons. The first kappa shape index (κ1) is 13.2. The van der Waals surface area contributed by atoms with Crippen molar-refractivity contribution in [2.45, 2.75) is 19.9 Å². The quantitative estimate of drug-likeness (QED) is 0.903. The molecule has 18 heavy (non-hydrogen) atoms. The van der Waals surface area contributed by atoms with Crippen molar-refractivity contribution in [2.24, 2.45) is 0 Å². The summed E-state index contributed by atoms with van der Waals surface area (Å²) < 4.78 is 2.06. The molecule has 0 aliphatic carbocycles. The molecule has 0 bridgehead atoms. The molecular formula is C13H15Cl2N3. The molecule has 0 aliphatic rings. The zero-order valence-corrected chi connectivity index (χ0v) is 11.7. The molecule has 5 heteroatoms. The normalized spacial score (nSPS) is 10.6. The standard InChI is InChI=1S/C13H15Cl2N3/c1-2-18-8-7-17-13(18)16-6-5-10-3-4-11(14)9-12(10)15/h3-4,7-9H,2,5-6H2,1H3,(H,16,17). The number of hydrogen-bond acceptors (Lipinski definition) is 2. The van der Waals surface area contributed by atoms with E-state index >= 15 is 0 Å². The minimum atomic E-state index is 0.665. The van der Waals surface area contributed by atoms with Crippen LogP contribution < -0.4 is 5.32 Å². The molecule has 0 spiro atoms. The molecule has 1 aromatic heterocycles. The van der Waals surface area contributed by atoms with E-state index in [1.807, 2.05) is 18.3 Å². The molecule has 0 atom stereocenters. The van der Waals surface area contributed by atoms with Crippen molar-refractivity contribution in [3.63, 3.8) is 0 Å². The van der Waals surface area contributed by atoms with Crippen molar-refractivity contribution in [1.29, 1.82) is 0 Å². The van der Waals surface area contributed by atoms with Gasteiger partial charge in [0.15, 0.2) is 0 Å². The summed E-state index contributed by atoms with van der Waals surface area (Å²) in [6.45, 7) is 3.78. The number of nitrogens with one attached hydrogen (secondary N) is 1. The first-order chi connectivity index (χ1) is 8.70. The lowest BCUT2D eigenvalue weighted by Gasteiger charge is -2.08. The number of benzene rings is 1. The van der Waals surface area contributed by atoms with Gasteiger partial charge < -0.3 is 9.88 Å². The topological polar surface area (TPSA) is 29.9 Å². The van der Waals surface area contributed by atoms with Gasteiger partial charge in [-0.1, -0.05) is 29.3 Å². The van der Waals surface area contributed by atoms with Crippen LogP contribution >= 0.6 is 23.2 Å². The Morgan fingerprint density at radius 2 is 2.17 bits per heavy atom. The highest BCUT2D eigenvalue weighted by Gasteiger charge is 2.03. The summed E-state index contributed by atoms with van der Waals surface area (Å²) in [4.78, 5) is 4.25. The second-order valence-electron chi connectivity index (χ2n) is 3.95. The van der Waals surface area contributed by atoms with Crippen LogP contribution in [0.2, 0.25) is 10.0 Å². The molecule has 0 saturated carbocycles. The summed E-state index contributed by atoms with van der Waals surface area (Å²) >= 11 is 12.0. The van der Waals surface area contributed by atoms with E-state index in [-0.39, 0.29) is 0 Å². The van der Waals surface area contributed by atoms with Crippen LogP contribution in [0.25, 0.3) is 0 Å². The van der Waals surface area contributed by atoms with Gasteiger partial charge in [0, 0.05) is 35.5 Å². The van der Waals surface area contributed by atoms with Gasteiger partial charge >= 0.3 is 0 Å². The third-order valence-corrected chi connectivity index (χ3v) is 3.34. The molecule has 0 amide bonds. The van der Waals surface area contributed by atoms with Gasteiger partial charge in [-0.15, -0.1) is 0 Å². The van der Waals surface area contributed by atoms with Crippen LogP contribution in [-0.4, -0.2) is 16.1 Å². The lowest BCUT2D eigenvalue weighted by Crippen LogP contribution is -2.10. The Labute approximate surface area is 117 Å². The van der Waals surface area contributed by atoms with Crippen molar-refractivity contribution in [3.8, 4) is 0 Å². The Balaban J connectivity index is 1.92. The van der Waals surface area contributed by atoms with Gasteiger partial charge in [-0.2, -0.15) is 0 Å². The zero-order valence-electron chi connectivity index (χ0n) is 10.2. The highest BCUT2D eigenvalue weighted by molar-refractivity contribution is 6.35. The molecule has 0 aliphatic heterocycles. The van der Waals surface area contributed by atoms with Crippen molar-refractivity contribution < 1.29 is 0 Å². The van der Waals surface area contributed by atoms with Crippen LogP contribution in [0.3, 0.4) is 0 Å². The van der Waals surface area contributed by atoms with Crippen molar-refractivity contribution in [1.82, 2.24) is 9.55 Å². The van der Waals surface area contributed by atoms with Crippen molar-refractivity contribution in [3.05, 3.63) is 46.2 Å². The van der Waals surface area contributed by atoms with Gasteiger partial charge in [0.1, 0.15) is 0 Å². The maximum atomic E-state index is 6.12. The zero-order chi connectivity index (χ0) is 13.0. The fourth-order valence-corrected chi connectivity index (χ4v) is 2.27. The molecule has 2 aromatic rings. The second kappa shape index (κ2) is 6.12. The summed E-state index contributed by atoms with van der Waals surface area (Å²) in [6.07, 6.45) is 4.59. The van der Waals surface area contributed by atoms with Gasteiger partial charge in [-0.25, -0.2) is 4.98 Å². The Hall–Kier alpha value is -1.19. The Bertz CT molecular complexity index is 523. The number of imidazole rings is 1. The predicted molar refractivity (Wildman–Crippen MR) is 76.6 cm³/mol. The van der Waals surface area contributed by atoms with Gasteiger partial charge in [-0.05, 0) is 31.0 Å². The average molecular weight is 284 g/mol. The van der Waals surface area contributed by atoms with Crippen LogP contribution in [0, 0.1) is 0 Å². The summed E-state index contributed by atoms with van der Waals surface area (Å²) in [5.74, 6) is 0.891. The molecule has 3 nitrogen and oxygen atoms in total. The molecule has 0 fully saturated rings. The van der Waals surface area contributed by atoms with E-state index in [0.717, 1.165) is 31.0 Å². The number of hydrogen-bond donors (Lipinski definition) is 1. The SMILES string of the molecule is CCn1ccnc1NCCc1ccc(Cl)cc1Cl. The van der Waals surface area contributed by atoms with Gasteiger partial charge in [0.2, 0.25) is 5.95 Å². The van der Waals surface area contributed by atoms with E-state index in [2.05, 4.69) is 21.8 Å². The number of rotatable bonds is 5.